The van der Waals surface area contributed by atoms with Gasteiger partial charge in [-0.15, -0.1) is 0 Å². The van der Waals surface area contributed by atoms with Crippen molar-refractivity contribution in [2.75, 3.05) is 22.2 Å². The monoisotopic (exact) mass is 371 g/mol. The number of nitrogens with zero attached hydrogens (tertiary/aromatic N) is 4. The van der Waals surface area contributed by atoms with E-state index in [1.54, 1.807) is 29.1 Å². The van der Waals surface area contributed by atoms with Gasteiger partial charge in [-0.25, -0.2) is 9.78 Å². The lowest BCUT2D eigenvalue weighted by Crippen LogP contribution is -2.46. The van der Waals surface area contributed by atoms with Gasteiger partial charge in [-0.3, -0.25) is 9.80 Å². The van der Waals surface area contributed by atoms with Crippen LogP contribution in [0.4, 0.5) is 22.2 Å². The molecule has 2 heterocycles. The van der Waals surface area contributed by atoms with E-state index in [1.807, 2.05) is 18.2 Å². The standard InChI is InChI=1S/C19H22ClN5O/c1-24-17-13(11-21-18(23-17)22-14-7-3-2-4-8-14)12-25(19(24)26)16-10-6-5-9-15(16)20/h5-6,9-11,14H,2-4,7-8,12H2,1H3,(H,21,22,23). The highest BCUT2D eigenvalue weighted by atomic mass is 35.5. The number of benzene rings is 1. The second-order valence-electron chi connectivity index (χ2n) is 6.90. The number of hydrogen-bond acceptors (Lipinski definition) is 4. The summed E-state index contributed by atoms with van der Waals surface area (Å²) in [5, 5.41) is 3.97. The van der Waals surface area contributed by atoms with Crippen LogP contribution in [0, 0.1) is 0 Å². The molecule has 7 heteroatoms. The van der Waals surface area contributed by atoms with E-state index in [2.05, 4.69) is 15.3 Å². The maximum Gasteiger partial charge on any atom is 0.330 e. The van der Waals surface area contributed by atoms with Gasteiger partial charge in [0.1, 0.15) is 5.82 Å². The fourth-order valence-electron chi connectivity index (χ4n) is 3.67. The van der Waals surface area contributed by atoms with E-state index < -0.39 is 0 Å². The van der Waals surface area contributed by atoms with Crippen LogP contribution in [-0.4, -0.2) is 29.1 Å². The number of amides is 2. The van der Waals surface area contributed by atoms with Crippen molar-refractivity contribution in [1.82, 2.24) is 9.97 Å². The molecule has 26 heavy (non-hydrogen) atoms. The molecule has 1 aliphatic heterocycles. The Morgan fingerprint density at radius 3 is 2.73 bits per heavy atom. The lowest BCUT2D eigenvalue weighted by atomic mass is 9.96. The molecule has 1 N–H and O–H groups in total. The smallest absolute Gasteiger partial charge is 0.330 e. The Kier molecular flexibility index (Phi) is 4.68. The van der Waals surface area contributed by atoms with Crippen LogP contribution >= 0.6 is 11.6 Å². The number of para-hydroxylation sites is 1. The summed E-state index contributed by atoms with van der Waals surface area (Å²) in [4.78, 5) is 25.2. The van der Waals surface area contributed by atoms with Gasteiger partial charge in [0.25, 0.3) is 0 Å². The van der Waals surface area contributed by atoms with Gasteiger partial charge in [0, 0.05) is 24.8 Å². The Bertz CT molecular complexity index is 821. The van der Waals surface area contributed by atoms with Crippen LogP contribution in [0.15, 0.2) is 30.5 Å². The molecular weight excluding hydrogens is 350 g/mol. The van der Waals surface area contributed by atoms with Gasteiger partial charge in [0.05, 0.1) is 17.3 Å². The summed E-state index contributed by atoms with van der Waals surface area (Å²) in [5.41, 5.74) is 1.60. The maximum atomic E-state index is 12.9. The zero-order chi connectivity index (χ0) is 18.1. The molecule has 4 rings (SSSR count). The van der Waals surface area contributed by atoms with Crippen molar-refractivity contribution in [3.63, 3.8) is 0 Å². The van der Waals surface area contributed by atoms with Gasteiger partial charge in [0.15, 0.2) is 0 Å². The fourth-order valence-corrected chi connectivity index (χ4v) is 3.90. The first-order valence-electron chi connectivity index (χ1n) is 9.05. The zero-order valence-electron chi connectivity index (χ0n) is 14.8. The summed E-state index contributed by atoms with van der Waals surface area (Å²) in [6, 6.07) is 7.63. The second kappa shape index (κ2) is 7.11. The summed E-state index contributed by atoms with van der Waals surface area (Å²) >= 11 is 6.28. The Hall–Kier alpha value is -2.34. The van der Waals surface area contributed by atoms with E-state index in [9.17, 15) is 4.79 Å². The molecule has 0 bridgehead atoms. The SMILES string of the molecule is CN1C(=O)N(c2ccccc2Cl)Cc2cnc(NC3CCCCC3)nc21. The van der Waals surface area contributed by atoms with Gasteiger partial charge in [0.2, 0.25) is 5.95 Å². The molecule has 2 aromatic rings. The predicted molar refractivity (Wildman–Crippen MR) is 104 cm³/mol. The molecule has 1 fully saturated rings. The minimum absolute atomic E-state index is 0.145. The van der Waals surface area contributed by atoms with E-state index in [4.69, 9.17) is 11.6 Å². The molecule has 0 atom stereocenters. The average molecular weight is 372 g/mol. The first-order valence-corrected chi connectivity index (χ1v) is 9.43. The summed E-state index contributed by atoms with van der Waals surface area (Å²) in [5.74, 6) is 1.26. The highest BCUT2D eigenvalue weighted by Gasteiger charge is 2.31. The normalized spacial score (nSPS) is 18.0. The number of nitrogens with one attached hydrogen (secondary N) is 1. The lowest BCUT2D eigenvalue weighted by Gasteiger charge is -2.34. The molecular formula is C19H22ClN5O. The number of hydrogen-bond donors (Lipinski definition) is 1. The third kappa shape index (κ3) is 3.21. The van der Waals surface area contributed by atoms with Crippen molar-refractivity contribution in [2.45, 2.75) is 44.7 Å². The number of carbonyl (C=O) groups is 1. The van der Waals surface area contributed by atoms with Crippen LogP contribution < -0.4 is 15.1 Å². The van der Waals surface area contributed by atoms with Gasteiger partial charge < -0.3 is 5.32 Å². The average Bonchev–Trinajstić information content (AvgIpc) is 2.66. The third-order valence-corrected chi connectivity index (χ3v) is 5.41. The predicted octanol–water partition coefficient (Wildman–Crippen LogP) is 4.45. The molecule has 6 nitrogen and oxygen atoms in total. The summed E-state index contributed by atoms with van der Waals surface area (Å²) in [7, 11) is 1.74. The molecule has 0 spiro atoms. The molecule has 2 aliphatic rings. The minimum Gasteiger partial charge on any atom is -0.351 e. The van der Waals surface area contributed by atoms with Crippen molar-refractivity contribution < 1.29 is 4.79 Å². The van der Waals surface area contributed by atoms with Gasteiger partial charge in [-0.1, -0.05) is 43.0 Å². The summed E-state index contributed by atoms with van der Waals surface area (Å²) < 4.78 is 0. The lowest BCUT2D eigenvalue weighted by molar-refractivity contribution is 0.251. The topological polar surface area (TPSA) is 61.4 Å². The van der Waals surface area contributed by atoms with E-state index in [0.717, 1.165) is 18.4 Å². The molecule has 0 radical (unpaired) electrons. The molecule has 1 aliphatic carbocycles. The largest absolute Gasteiger partial charge is 0.351 e. The molecule has 1 aromatic heterocycles. The van der Waals surface area contributed by atoms with Crippen LogP contribution in [0.5, 0.6) is 0 Å². The molecule has 1 aromatic carbocycles. The molecule has 1 saturated carbocycles. The highest BCUT2D eigenvalue weighted by molar-refractivity contribution is 6.34. The maximum absolute atomic E-state index is 12.9. The Morgan fingerprint density at radius 1 is 1.19 bits per heavy atom. The number of rotatable bonds is 3. The Labute approximate surface area is 158 Å². The number of urea groups is 1. The van der Waals surface area contributed by atoms with E-state index in [1.165, 1.54) is 19.3 Å². The Morgan fingerprint density at radius 2 is 1.96 bits per heavy atom. The summed E-state index contributed by atoms with van der Waals surface area (Å²) in [6.45, 7) is 0.409. The fraction of sp³-hybridized carbons (Fsp3) is 0.421. The van der Waals surface area contributed by atoms with Crippen molar-refractivity contribution in [3.05, 3.63) is 41.0 Å². The molecule has 0 saturated heterocycles. The van der Waals surface area contributed by atoms with Crippen molar-refractivity contribution in [1.29, 1.82) is 0 Å². The van der Waals surface area contributed by atoms with Crippen LogP contribution in [0.25, 0.3) is 0 Å². The number of halogens is 1. The van der Waals surface area contributed by atoms with Crippen molar-refractivity contribution in [3.8, 4) is 0 Å². The quantitative estimate of drug-likeness (QED) is 0.865. The third-order valence-electron chi connectivity index (χ3n) is 5.09. The van der Waals surface area contributed by atoms with Crippen molar-refractivity contribution in [2.24, 2.45) is 0 Å². The van der Waals surface area contributed by atoms with Crippen molar-refractivity contribution >= 4 is 35.1 Å². The van der Waals surface area contributed by atoms with E-state index in [-0.39, 0.29) is 6.03 Å². The number of fused-ring (bicyclic) bond motifs is 1. The number of carbonyl (C=O) groups excluding carboxylic acids is 1. The van der Waals surface area contributed by atoms with Crippen LogP contribution in [-0.2, 0) is 6.54 Å². The Balaban J connectivity index is 1.59. The first-order chi connectivity index (χ1) is 12.6. The summed E-state index contributed by atoms with van der Waals surface area (Å²) in [6.07, 6.45) is 7.89. The number of aromatic nitrogens is 2. The van der Waals surface area contributed by atoms with Gasteiger partial charge in [-0.2, -0.15) is 4.98 Å². The highest BCUT2D eigenvalue weighted by Crippen LogP contribution is 2.33. The number of anilines is 3. The van der Waals surface area contributed by atoms with Crippen LogP contribution in [0.2, 0.25) is 5.02 Å². The van der Waals surface area contributed by atoms with Crippen LogP contribution in [0.1, 0.15) is 37.7 Å². The minimum atomic E-state index is -0.145. The molecule has 0 unspecified atom stereocenters. The van der Waals surface area contributed by atoms with Gasteiger partial charge in [-0.05, 0) is 25.0 Å². The van der Waals surface area contributed by atoms with E-state index in [0.29, 0.717) is 35.1 Å². The molecule has 2 amide bonds. The molecule has 136 valence electrons. The van der Waals surface area contributed by atoms with Crippen LogP contribution in [0.3, 0.4) is 0 Å². The second-order valence-corrected chi connectivity index (χ2v) is 7.31. The zero-order valence-corrected chi connectivity index (χ0v) is 15.5. The van der Waals surface area contributed by atoms with E-state index >= 15 is 0 Å². The van der Waals surface area contributed by atoms with Gasteiger partial charge >= 0.3 is 6.03 Å². The first kappa shape index (κ1) is 17.1.